The maximum absolute atomic E-state index is 14.5. The van der Waals surface area contributed by atoms with Gasteiger partial charge in [-0.05, 0) is 177 Å². The number of alkyl halides is 4. The Bertz CT molecular complexity index is 5470. The third-order valence-corrected chi connectivity index (χ3v) is 41.3. The molecule has 0 aromatic carbocycles. The summed E-state index contributed by atoms with van der Waals surface area (Å²) >= 11 is 0. The highest BCUT2D eigenvalue weighted by Gasteiger charge is 2.73. The molecule has 16 atom stereocenters. The molecule has 15 fully saturated rings. The number of urea groups is 3. The predicted molar refractivity (Wildman–Crippen MR) is 550 cm³/mol. The zero-order valence-electron chi connectivity index (χ0n) is 91.4. The van der Waals surface area contributed by atoms with E-state index in [4.69, 9.17) is 0 Å². The number of carbonyl (C=O) groups excluding carboxylic acids is 15. The number of unbranched alkanes of at least 4 members (excludes halogenated alkanes) is 1. The van der Waals surface area contributed by atoms with E-state index < -0.39 is 261 Å². The molecular formula is C104H168F4N18O21S3. The number of nitrogens with zero attached hydrogens (tertiary/aromatic N) is 6. The van der Waals surface area contributed by atoms with E-state index in [1.807, 2.05) is 62.3 Å². The van der Waals surface area contributed by atoms with Gasteiger partial charge in [0.1, 0.15) is 36.3 Å². The van der Waals surface area contributed by atoms with Crippen LogP contribution >= 0.6 is 0 Å². The number of ketones is 3. The lowest BCUT2D eigenvalue weighted by atomic mass is 9.79. The van der Waals surface area contributed by atoms with Crippen molar-refractivity contribution < 1.29 is 115 Å². The Morgan fingerprint density at radius 3 is 0.960 bits per heavy atom. The summed E-state index contributed by atoms with van der Waals surface area (Å²) < 4.78 is 136. The summed E-state index contributed by atoms with van der Waals surface area (Å²) in [6, 6.07) is -11.2. The van der Waals surface area contributed by atoms with Crippen molar-refractivity contribution in [2.24, 2.45) is 73.9 Å². The van der Waals surface area contributed by atoms with Gasteiger partial charge >= 0.3 is 18.1 Å². The van der Waals surface area contributed by atoms with E-state index in [1.165, 1.54) is 28.2 Å². The van der Waals surface area contributed by atoms with Gasteiger partial charge in [-0.1, -0.05) is 208 Å². The minimum Gasteiger partial charge on any atom is -0.347 e. The van der Waals surface area contributed by atoms with Gasteiger partial charge in [0.05, 0.1) is 77.7 Å². The van der Waals surface area contributed by atoms with E-state index in [0.29, 0.717) is 90.0 Å². The number of likely N-dealkylation sites (tertiary alicyclic amines) is 3. The lowest BCUT2D eigenvalue weighted by Crippen LogP contribution is -2.65. The Labute approximate surface area is 882 Å². The van der Waals surface area contributed by atoms with Crippen molar-refractivity contribution in [1.29, 1.82) is 0 Å². The van der Waals surface area contributed by atoms with Gasteiger partial charge in [-0.15, -0.1) is 0 Å². The molecule has 5 heterocycles. The van der Waals surface area contributed by atoms with Crippen LogP contribution in [0.4, 0.5) is 31.9 Å². The number of hydrogen-bond acceptors (Lipinski definition) is 21. The summed E-state index contributed by atoms with van der Waals surface area (Å²) in [6.07, 6.45) is 18.7. The summed E-state index contributed by atoms with van der Waals surface area (Å²) in [5.74, 6) is -14.5. The minimum atomic E-state index is -4.10. The molecule has 0 radical (unpaired) electrons. The molecule has 12 N–H and O–H groups in total. The van der Waals surface area contributed by atoms with E-state index in [1.54, 1.807) is 53.4 Å². The maximum Gasteiger partial charge on any atom is 0.315 e. The van der Waals surface area contributed by atoms with Gasteiger partial charge in [0.25, 0.3) is 29.6 Å². The van der Waals surface area contributed by atoms with Crippen LogP contribution in [0.1, 0.15) is 311 Å². The van der Waals surface area contributed by atoms with Crippen LogP contribution in [0.2, 0.25) is 0 Å². The van der Waals surface area contributed by atoms with Crippen molar-refractivity contribution in [1.82, 2.24) is 91.4 Å². The van der Waals surface area contributed by atoms with Crippen molar-refractivity contribution in [2.45, 2.75) is 417 Å². The summed E-state index contributed by atoms with van der Waals surface area (Å²) in [4.78, 5) is 209. The topological polar surface area (TPSA) is 522 Å². The number of halogens is 4. The molecule has 0 unspecified atom stereocenters. The van der Waals surface area contributed by atoms with Crippen LogP contribution in [0.3, 0.4) is 0 Å². The molecule has 15 rings (SSSR count). The molecule has 0 aromatic rings. The predicted octanol–water partition coefficient (Wildman–Crippen LogP) is 7.29. The molecule has 150 heavy (non-hydrogen) atoms. The highest BCUT2D eigenvalue weighted by atomic mass is 32.2. The lowest BCUT2D eigenvalue weighted by molar-refractivity contribution is -0.145. The first-order chi connectivity index (χ1) is 69.4. The number of fused-ring (bicyclic) bond motifs is 3. The fourth-order valence-corrected chi connectivity index (χ4v) is 30.2. The van der Waals surface area contributed by atoms with Crippen LogP contribution in [0.5, 0.6) is 0 Å². The number of nitrogens with one attached hydrogen (secondary N) is 12. The largest absolute Gasteiger partial charge is 0.347 e. The molecule has 0 aromatic heterocycles. The molecule has 0 spiro atoms. The number of Topliss-reactive ketones (excluding diaryl/α,β-unsaturated/α-hetero) is 3. The van der Waals surface area contributed by atoms with E-state index in [2.05, 4.69) is 77.6 Å². The van der Waals surface area contributed by atoms with Crippen molar-refractivity contribution in [2.75, 3.05) is 71.4 Å². The summed E-state index contributed by atoms with van der Waals surface area (Å²) in [7, 11) is -8.94. The number of rotatable bonds is 40. The van der Waals surface area contributed by atoms with Gasteiger partial charge in [0, 0.05) is 51.9 Å². The van der Waals surface area contributed by atoms with Gasteiger partial charge < -0.3 is 78.5 Å². The fourth-order valence-electron chi connectivity index (χ4n) is 24.6. The Morgan fingerprint density at radius 1 is 0.387 bits per heavy atom. The average molecular weight is 2180 g/mol. The number of hydrogen-bond donors (Lipinski definition) is 12. The quantitative estimate of drug-likeness (QED) is 0.0212. The number of carbonyl (C=O) groups is 15. The highest BCUT2D eigenvalue weighted by molar-refractivity contribution is 7.90. The molecule has 10 aliphatic carbocycles. The third-order valence-electron chi connectivity index (χ3n) is 35.0. The summed E-state index contributed by atoms with van der Waals surface area (Å²) in [6.45, 7) is 31.1. The monoisotopic (exact) mass is 2180 g/mol. The van der Waals surface area contributed by atoms with E-state index in [0.717, 1.165) is 98.5 Å². The Balaban J connectivity index is 0.000000187. The van der Waals surface area contributed by atoms with Crippen LogP contribution in [0.25, 0.3) is 0 Å². The molecule has 5 saturated heterocycles. The smallest absolute Gasteiger partial charge is 0.315 e. The van der Waals surface area contributed by atoms with Gasteiger partial charge in [0.15, 0.2) is 0 Å². The lowest BCUT2D eigenvalue weighted by Gasteiger charge is -2.44. The van der Waals surface area contributed by atoms with Gasteiger partial charge in [-0.25, -0.2) is 61.5 Å². The Kier molecular flexibility index (Phi) is 35.0. The molecule has 0 bridgehead atoms. The fraction of sp³-hybridized carbons (Fsp3) is 0.856. The van der Waals surface area contributed by atoms with Crippen LogP contribution in [-0.4, -0.2) is 319 Å². The molecule has 46 heteroatoms. The molecule has 15 amide bonds. The first-order valence-electron chi connectivity index (χ1n) is 54.7. The average Bonchev–Trinajstić information content (AvgIpc) is 1.53. The van der Waals surface area contributed by atoms with Crippen LogP contribution in [0.15, 0.2) is 0 Å². The zero-order chi connectivity index (χ0) is 111. The first-order valence-corrected chi connectivity index (χ1v) is 59.4. The molecule has 10 saturated carbocycles. The number of amides is 15. The van der Waals surface area contributed by atoms with Crippen LogP contribution in [0, 0.1) is 73.9 Å². The Hall–Kier alpha value is -8.50. The first kappa shape index (κ1) is 119. The molecule has 39 nitrogen and oxygen atoms in total. The normalized spacial score (nSPS) is 27.7. The van der Waals surface area contributed by atoms with Crippen molar-refractivity contribution in [3.05, 3.63) is 0 Å². The van der Waals surface area contributed by atoms with E-state index in [-0.39, 0.29) is 102 Å². The summed E-state index contributed by atoms with van der Waals surface area (Å²) in [5, 5.41) is 32.9. The second-order valence-electron chi connectivity index (χ2n) is 51.6. The molecule has 5 aliphatic heterocycles. The standard InChI is InChI=1S/C35H56F2N6O7S.C35H58N6O7S.C34H54F2N6O7S/c1-7-8-12-23(26(44)29(46)38-21-13-14-21)39-28(45)25-24-22(33(24,5)6)17-43(25)30(47)27(32(2,3)4)40-31(48)41-34(15-10-9-11-16-34)20-51(49,50)42-18-35(36,37)19-42;1-20(49(47,48)40(7)8)35(16-10-9-11-17-35)39-32(46)38-28(33(2,3)4)31(45)41-19-23-25(34(23,5)6)26(41)29(43)37-24(18-21-12-13-21)27(42)30(44)36-22-14-15-22;1-7-11-22(25(43)28(45)37-20-12-13-20)38-27(44)24-23-21(32(23,5)6)16-42(24)29(46)26(31(2,3)4)39-30(47)40-33(14-9-8-10-15-33)19-50(48,49)41-17-34(35,36)18-41/h21-25,27H,7-20H2,1-6H3,(H,38,46)(H,39,45)(H2,40,41,48);20-26,28H,9-19H2,1-8H3,(H,36,44)(H,37,43)(H2,38,39,46);20-24,26H,7-19H2,1-6H3,(H,37,45)(H,38,44)(H2,39,40,47)/t22-,23-,24-,25-,27+;20-,23-,24-,25-,26-,28+;21-,22-,23-,24-,26+/m000/s1. The third kappa shape index (κ3) is 27.2. The van der Waals surface area contributed by atoms with Crippen LogP contribution in [-0.2, 0) is 87.6 Å². The van der Waals surface area contributed by atoms with Gasteiger partial charge in [-0.2, -0.15) is 8.61 Å². The highest BCUT2D eigenvalue weighted by Crippen LogP contribution is 2.67. The van der Waals surface area contributed by atoms with Crippen molar-refractivity contribution in [3.63, 3.8) is 0 Å². The van der Waals surface area contributed by atoms with Crippen LogP contribution < -0.4 is 63.8 Å². The Morgan fingerprint density at radius 2 is 0.680 bits per heavy atom. The van der Waals surface area contributed by atoms with Crippen molar-refractivity contribution >= 4 is 119 Å². The molecular weight excluding hydrogens is 2010 g/mol. The van der Waals surface area contributed by atoms with Crippen molar-refractivity contribution in [3.8, 4) is 0 Å². The van der Waals surface area contributed by atoms with Gasteiger partial charge in [0.2, 0.25) is 82.9 Å². The number of sulfonamides is 3. The molecule has 846 valence electrons. The zero-order valence-corrected chi connectivity index (χ0v) is 93.9. The second kappa shape index (κ2) is 44.3. The maximum atomic E-state index is 14.5. The minimum absolute atomic E-state index is 0.0114. The van der Waals surface area contributed by atoms with E-state index >= 15 is 0 Å². The molecule has 15 aliphatic rings. The summed E-state index contributed by atoms with van der Waals surface area (Å²) in [5.41, 5.74) is -6.53. The van der Waals surface area contributed by atoms with Gasteiger partial charge in [-0.3, -0.25) is 57.5 Å². The second-order valence-corrected chi connectivity index (χ2v) is 58.0. The number of piperidine rings is 3. The SMILES string of the molecule is CCCC[C@H](NC(=O)[C@@H]1[C@@H]2[C@H](CN1C(=O)[C@@H](NC(=O)NC1(CS(=O)(=O)N3CC(F)(F)C3)CCCCC1)C(C)(C)C)C2(C)C)C(=O)C(=O)NC1CC1.CCC[C@H](NC(=O)[C@@H]1[C@@H]2[C@H](CN1C(=O)[C@@H](NC(=O)NC1(CS(=O)(=O)N3CC(F)(F)C3)CCCCC1)C(C)(C)C)C2(C)C)C(=O)C(=O)NC1CC1.C[C@@H](C1(NC(=O)N[C@H](C(=O)N2C[C@H]3[C@@H]([C@H]2C(=O)N[C@@H](CC2CC2)C(=O)C(=O)NC2CC2)C3(C)C)C(C)(C)C)CCCCC1)S(=O)(=O)N(C)C. The van der Waals surface area contributed by atoms with E-state index in [9.17, 15) is 115 Å².